The molecule has 0 aromatic heterocycles. The molecule has 3 N–H and O–H groups in total. The number of halogens is 1. The van der Waals surface area contributed by atoms with E-state index in [4.69, 9.17) is 22.1 Å². The van der Waals surface area contributed by atoms with Crippen molar-refractivity contribution in [1.82, 2.24) is 0 Å². The van der Waals surface area contributed by atoms with Gasteiger partial charge in [0.1, 0.15) is 4.90 Å². The number of ether oxygens (including phenoxy) is 1. The van der Waals surface area contributed by atoms with Gasteiger partial charge >= 0.3 is 0 Å². The molecule has 17 heavy (non-hydrogen) atoms. The van der Waals surface area contributed by atoms with E-state index in [9.17, 15) is 13.5 Å². The van der Waals surface area contributed by atoms with Gasteiger partial charge < -0.3 is 15.6 Å². The maximum atomic E-state index is 12.2. The Bertz CT molecular complexity index is 537. The number of sulfone groups is 1. The predicted molar refractivity (Wildman–Crippen MR) is 63.9 cm³/mol. The quantitative estimate of drug-likeness (QED) is 0.626. The van der Waals surface area contributed by atoms with Crippen molar-refractivity contribution in [3.8, 4) is 5.75 Å². The lowest BCUT2D eigenvalue weighted by molar-refractivity contribution is 0.198. The largest absolute Gasteiger partial charge is 0.504 e. The van der Waals surface area contributed by atoms with E-state index >= 15 is 0 Å². The van der Waals surface area contributed by atoms with E-state index in [-0.39, 0.29) is 22.2 Å². The molecule has 5 nitrogen and oxygen atoms in total. The van der Waals surface area contributed by atoms with Crippen LogP contribution in [0.2, 0.25) is 5.02 Å². The topological polar surface area (TPSA) is 89.6 Å². The molecule has 1 fully saturated rings. The van der Waals surface area contributed by atoms with Crippen LogP contribution in [-0.2, 0) is 14.6 Å². The first-order valence-electron chi connectivity index (χ1n) is 5.03. The summed E-state index contributed by atoms with van der Waals surface area (Å²) in [6, 6.07) is 2.72. The summed E-state index contributed by atoms with van der Waals surface area (Å²) in [5.74, 6) is -0.482. The zero-order chi connectivity index (χ0) is 12.6. The summed E-state index contributed by atoms with van der Waals surface area (Å²) >= 11 is 5.83. The van der Waals surface area contributed by atoms with Crippen LogP contribution >= 0.6 is 11.6 Å². The van der Waals surface area contributed by atoms with Crippen LogP contribution in [0, 0.1) is 0 Å². The highest BCUT2D eigenvalue weighted by atomic mass is 35.5. The lowest BCUT2D eigenvalue weighted by Gasteiger charge is -2.13. The van der Waals surface area contributed by atoms with Gasteiger partial charge in [0.15, 0.2) is 15.6 Å². The van der Waals surface area contributed by atoms with Crippen molar-refractivity contribution in [2.75, 3.05) is 18.9 Å². The van der Waals surface area contributed by atoms with Gasteiger partial charge in [0.25, 0.3) is 0 Å². The summed E-state index contributed by atoms with van der Waals surface area (Å²) in [6.45, 7) is 0.511. The Morgan fingerprint density at radius 2 is 2.18 bits per heavy atom. The Morgan fingerprint density at radius 3 is 2.76 bits per heavy atom. The average molecular weight is 278 g/mol. The average Bonchev–Trinajstić information content (AvgIpc) is 2.77. The van der Waals surface area contributed by atoms with Gasteiger partial charge in [-0.1, -0.05) is 11.6 Å². The van der Waals surface area contributed by atoms with Gasteiger partial charge in [0.2, 0.25) is 0 Å². The zero-order valence-corrected chi connectivity index (χ0v) is 10.5. The molecule has 1 unspecified atom stereocenters. The number of hydrogen-bond donors (Lipinski definition) is 2. The van der Waals surface area contributed by atoms with E-state index in [1.54, 1.807) is 0 Å². The fourth-order valence-electron chi connectivity index (χ4n) is 1.76. The summed E-state index contributed by atoms with van der Waals surface area (Å²) in [6.07, 6.45) is 0.396. The van der Waals surface area contributed by atoms with Crippen molar-refractivity contribution in [2.24, 2.45) is 0 Å². The first-order chi connectivity index (χ1) is 7.94. The van der Waals surface area contributed by atoms with Crippen LogP contribution < -0.4 is 5.73 Å². The summed E-state index contributed by atoms with van der Waals surface area (Å²) in [4.78, 5) is -0.297. The van der Waals surface area contributed by atoms with Crippen molar-refractivity contribution >= 4 is 27.1 Å². The molecule has 0 amide bonds. The number of phenols is 1. The fourth-order valence-corrected chi connectivity index (χ4v) is 3.97. The molecule has 0 radical (unpaired) electrons. The highest BCUT2D eigenvalue weighted by Gasteiger charge is 2.35. The number of phenolic OH excluding ortho intramolecular Hbond substituents is 1. The normalized spacial score (nSPS) is 20.6. The van der Waals surface area contributed by atoms with E-state index in [1.807, 2.05) is 0 Å². The van der Waals surface area contributed by atoms with Crippen molar-refractivity contribution in [3.05, 3.63) is 17.2 Å². The van der Waals surface area contributed by atoms with Crippen LogP contribution in [-0.4, -0.2) is 32.0 Å². The van der Waals surface area contributed by atoms with Gasteiger partial charge in [-0.15, -0.1) is 0 Å². The SMILES string of the molecule is Nc1ccc(Cl)c(S(=O)(=O)C2CCOC2)c1O. The minimum absolute atomic E-state index is 0.00751. The van der Waals surface area contributed by atoms with E-state index < -0.39 is 20.8 Å². The molecule has 1 aliphatic heterocycles. The number of benzene rings is 1. The second-order valence-corrected chi connectivity index (χ2v) is 6.42. The Kier molecular flexibility index (Phi) is 3.20. The van der Waals surface area contributed by atoms with Gasteiger partial charge in [-0.05, 0) is 18.6 Å². The smallest absolute Gasteiger partial charge is 0.188 e. The molecule has 1 aliphatic rings. The number of nitrogens with two attached hydrogens (primary N) is 1. The van der Waals surface area contributed by atoms with Crippen molar-refractivity contribution < 1.29 is 18.3 Å². The van der Waals surface area contributed by atoms with Crippen molar-refractivity contribution in [2.45, 2.75) is 16.6 Å². The molecule has 2 rings (SSSR count). The molecular formula is C10H12ClNO4S. The molecule has 0 spiro atoms. The first-order valence-corrected chi connectivity index (χ1v) is 6.95. The standard InChI is InChI=1S/C10H12ClNO4S/c11-7-1-2-8(12)9(13)10(7)17(14,15)6-3-4-16-5-6/h1-2,6,13H,3-5,12H2. The lowest BCUT2D eigenvalue weighted by atomic mass is 10.3. The first kappa shape index (κ1) is 12.5. The van der Waals surface area contributed by atoms with E-state index in [2.05, 4.69) is 0 Å². The monoisotopic (exact) mass is 277 g/mol. The third-order valence-corrected chi connectivity index (χ3v) is 5.38. The predicted octanol–water partition coefficient (Wildman–Crippen LogP) is 1.19. The third kappa shape index (κ3) is 2.08. The maximum Gasteiger partial charge on any atom is 0.188 e. The molecule has 0 saturated carbocycles. The molecule has 1 heterocycles. The van der Waals surface area contributed by atoms with Crippen LogP contribution in [0.5, 0.6) is 5.75 Å². The molecule has 7 heteroatoms. The Balaban J connectivity index is 2.56. The van der Waals surface area contributed by atoms with Crippen LogP contribution in [0.3, 0.4) is 0 Å². The molecule has 0 bridgehead atoms. The molecule has 1 atom stereocenters. The second kappa shape index (κ2) is 4.36. The summed E-state index contributed by atoms with van der Waals surface area (Å²) in [7, 11) is -3.71. The second-order valence-electron chi connectivity index (χ2n) is 3.84. The maximum absolute atomic E-state index is 12.2. The number of rotatable bonds is 2. The molecular weight excluding hydrogens is 266 g/mol. The highest BCUT2D eigenvalue weighted by Crippen LogP contribution is 2.38. The van der Waals surface area contributed by atoms with Gasteiger partial charge in [-0.2, -0.15) is 0 Å². The number of nitrogen functional groups attached to an aromatic ring is 1. The van der Waals surface area contributed by atoms with Crippen LogP contribution in [0.15, 0.2) is 17.0 Å². The minimum Gasteiger partial charge on any atom is -0.504 e. The zero-order valence-electron chi connectivity index (χ0n) is 8.89. The van der Waals surface area contributed by atoms with E-state index in [0.717, 1.165) is 0 Å². The van der Waals surface area contributed by atoms with Crippen LogP contribution in [0.4, 0.5) is 5.69 Å². The molecule has 1 aromatic rings. The van der Waals surface area contributed by atoms with Gasteiger partial charge in [0, 0.05) is 6.61 Å². The van der Waals surface area contributed by atoms with Gasteiger partial charge in [-0.25, -0.2) is 8.42 Å². The Hall–Kier alpha value is -0.980. The van der Waals surface area contributed by atoms with E-state index in [1.165, 1.54) is 12.1 Å². The highest BCUT2D eigenvalue weighted by molar-refractivity contribution is 7.92. The molecule has 1 aromatic carbocycles. The van der Waals surface area contributed by atoms with Gasteiger partial charge in [-0.3, -0.25) is 0 Å². The number of aromatic hydroxyl groups is 1. The number of hydrogen-bond acceptors (Lipinski definition) is 5. The van der Waals surface area contributed by atoms with E-state index in [0.29, 0.717) is 13.0 Å². The molecule has 0 aliphatic carbocycles. The van der Waals surface area contributed by atoms with Crippen molar-refractivity contribution in [3.63, 3.8) is 0 Å². The summed E-state index contributed by atoms with van der Waals surface area (Å²) < 4.78 is 29.5. The van der Waals surface area contributed by atoms with Crippen LogP contribution in [0.25, 0.3) is 0 Å². The minimum atomic E-state index is -3.71. The Labute approximate surface area is 104 Å². The summed E-state index contributed by atoms with van der Waals surface area (Å²) in [5, 5.41) is 9.05. The molecule has 1 saturated heterocycles. The van der Waals surface area contributed by atoms with Crippen molar-refractivity contribution in [1.29, 1.82) is 0 Å². The third-order valence-electron chi connectivity index (χ3n) is 2.73. The Morgan fingerprint density at radius 1 is 1.47 bits per heavy atom. The van der Waals surface area contributed by atoms with Crippen LogP contribution in [0.1, 0.15) is 6.42 Å². The molecule has 94 valence electrons. The van der Waals surface area contributed by atoms with Gasteiger partial charge in [0.05, 0.1) is 22.6 Å². The summed E-state index contributed by atoms with van der Waals surface area (Å²) in [5.41, 5.74) is 5.47. The fraction of sp³-hybridized carbons (Fsp3) is 0.400. The number of anilines is 1. The lowest BCUT2D eigenvalue weighted by Crippen LogP contribution is -2.22.